The Morgan fingerprint density at radius 1 is 0.897 bits per heavy atom. The highest BCUT2D eigenvalue weighted by Crippen LogP contribution is 2.23. The van der Waals surface area contributed by atoms with Crippen molar-refractivity contribution in [2.24, 2.45) is 0 Å². The number of rotatable bonds is 6. The first-order valence-electron chi connectivity index (χ1n) is 9.10. The SMILES string of the molecule is O=C(Nc1ccc(-c2ccccc2)cc1)c1cc(COc2ccc(F)cc2)cs1. The molecular weight excluding hydrogens is 385 g/mol. The predicted molar refractivity (Wildman–Crippen MR) is 115 cm³/mol. The number of benzene rings is 3. The molecule has 3 nitrogen and oxygen atoms in total. The second-order valence-corrected chi connectivity index (χ2v) is 7.37. The molecule has 0 saturated carbocycles. The quantitative estimate of drug-likeness (QED) is 0.405. The highest BCUT2D eigenvalue weighted by molar-refractivity contribution is 7.12. The van der Waals surface area contributed by atoms with Crippen molar-refractivity contribution in [1.82, 2.24) is 0 Å². The standard InChI is InChI=1S/C24H18FNO2S/c25-20-8-12-22(13-9-20)28-15-17-14-23(29-16-17)24(27)26-21-10-6-19(7-11-21)18-4-2-1-3-5-18/h1-14,16H,15H2,(H,26,27). The van der Waals surface area contributed by atoms with Crippen molar-refractivity contribution in [3.05, 3.63) is 107 Å². The fraction of sp³-hybridized carbons (Fsp3) is 0.0417. The largest absolute Gasteiger partial charge is 0.489 e. The first-order chi connectivity index (χ1) is 14.2. The van der Waals surface area contributed by atoms with Crippen LogP contribution >= 0.6 is 11.3 Å². The number of amides is 1. The Morgan fingerprint density at radius 3 is 2.31 bits per heavy atom. The molecule has 0 aliphatic rings. The van der Waals surface area contributed by atoms with E-state index in [1.807, 2.05) is 53.9 Å². The van der Waals surface area contributed by atoms with Gasteiger partial charge in [0.1, 0.15) is 18.2 Å². The number of thiophene rings is 1. The predicted octanol–water partition coefficient (Wildman–Crippen LogP) is 6.39. The second kappa shape index (κ2) is 8.71. The third kappa shape index (κ3) is 4.89. The molecule has 0 bridgehead atoms. The molecule has 4 aromatic rings. The zero-order valence-electron chi connectivity index (χ0n) is 15.5. The van der Waals surface area contributed by atoms with Crippen LogP contribution in [0.15, 0.2) is 90.3 Å². The third-order valence-corrected chi connectivity index (χ3v) is 5.32. The number of carbonyl (C=O) groups excluding carboxylic acids is 1. The van der Waals surface area contributed by atoms with E-state index in [-0.39, 0.29) is 11.7 Å². The van der Waals surface area contributed by atoms with E-state index in [2.05, 4.69) is 17.4 Å². The summed E-state index contributed by atoms with van der Waals surface area (Å²) in [6.45, 7) is 0.321. The molecule has 0 aliphatic heterocycles. The Labute approximate surface area is 172 Å². The van der Waals surface area contributed by atoms with Crippen LogP contribution in [0.3, 0.4) is 0 Å². The molecule has 144 valence electrons. The van der Waals surface area contributed by atoms with Crippen LogP contribution in [0.25, 0.3) is 11.1 Å². The van der Waals surface area contributed by atoms with E-state index in [0.717, 1.165) is 22.4 Å². The van der Waals surface area contributed by atoms with E-state index in [1.165, 1.54) is 23.5 Å². The van der Waals surface area contributed by atoms with Gasteiger partial charge in [-0.1, -0.05) is 42.5 Å². The summed E-state index contributed by atoms with van der Waals surface area (Å²) in [6.07, 6.45) is 0. The van der Waals surface area contributed by atoms with Crippen molar-refractivity contribution >= 4 is 22.9 Å². The Morgan fingerprint density at radius 2 is 1.59 bits per heavy atom. The first kappa shape index (κ1) is 18.9. The number of ether oxygens (including phenoxy) is 1. The molecule has 0 saturated heterocycles. The van der Waals surface area contributed by atoms with E-state index in [1.54, 1.807) is 12.1 Å². The summed E-state index contributed by atoms with van der Waals surface area (Å²) >= 11 is 1.36. The molecule has 0 atom stereocenters. The normalized spacial score (nSPS) is 10.5. The lowest BCUT2D eigenvalue weighted by Gasteiger charge is -2.06. The van der Waals surface area contributed by atoms with Gasteiger partial charge in [0.15, 0.2) is 0 Å². The van der Waals surface area contributed by atoms with Gasteiger partial charge in [-0.15, -0.1) is 11.3 Å². The Bertz CT molecular complexity index is 1090. The average Bonchev–Trinajstić information content (AvgIpc) is 3.24. The van der Waals surface area contributed by atoms with Gasteiger partial charge in [0.25, 0.3) is 5.91 Å². The second-order valence-electron chi connectivity index (χ2n) is 6.46. The Hall–Kier alpha value is -3.44. The first-order valence-corrected chi connectivity index (χ1v) is 9.98. The van der Waals surface area contributed by atoms with Crippen LogP contribution in [0, 0.1) is 5.82 Å². The smallest absolute Gasteiger partial charge is 0.265 e. The molecule has 0 unspecified atom stereocenters. The lowest BCUT2D eigenvalue weighted by molar-refractivity contribution is 0.103. The van der Waals surface area contributed by atoms with Crippen molar-refractivity contribution in [3.8, 4) is 16.9 Å². The van der Waals surface area contributed by atoms with Gasteiger partial charge >= 0.3 is 0 Å². The molecule has 0 fully saturated rings. The summed E-state index contributed by atoms with van der Waals surface area (Å²) in [5, 5.41) is 4.81. The van der Waals surface area contributed by atoms with Crippen molar-refractivity contribution in [2.75, 3.05) is 5.32 Å². The maximum atomic E-state index is 12.9. The maximum Gasteiger partial charge on any atom is 0.265 e. The van der Waals surface area contributed by atoms with E-state index in [4.69, 9.17) is 4.74 Å². The molecule has 0 aliphatic carbocycles. The van der Waals surface area contributed by atoms with E-state index in [9.17, 15) is 9.18 Å². The Kier molecular flexibility index (Phi) is 5.68. The number of halogens is 1. The minimum Gasteiger partial charge on any atom is -0.489 e. The zero-order chi connectivity index (χ0) is 20.1. The molecule has 1 N–H and O–H groups in total. The minimum atomic E-state index is -0.302. The number of hydrogen-bond donors (Lipinski definition) is 1. The highest BCUT2D eigenvalue weighted by Gasteiger charge is 2.10. The molecule has 1 heterocycles. The molecule has 1 amide bonds. The summed E-state index contributed by atoms with van der Waals surface area (Å²) in [4.78, 5) is 13.1. The molecule has 1 aromatic heterocycles. The van der Waals surface area contributed by atoms with Crippen molar-refractivity contribution in [1.29, 1.82) is 0 Å². The minimum absolute atomic E-state index is 0.157. The van der Waals surface area contributed by atoms with Crippen LogP contribution in [0.2, 0.25) is 0 Å². The zero-order valence-corrected chi connectivity index (χ0v) is 16.3. The van der Waals surface area contributed by atoms with Crippen LogP contribution in [-0.4, -0.2) is 5.91 Å². The number of hydrogen-bond acceptors (Lipinski definition) is 3. The lowest BCUT2D eigenvalue weighted by atomic mass is 10.1. The van der Waals surface area contributed by atoms with Crippen molar-refractivity contribution in [3.63, 3.8) is 0 Å². The van der Waals surface area contributed by atoms with Gasteiger partial charge in [0.05, 0.1) is 4.88 Å². The molecule has 4 rings (SSSR count). The summed E-state index contributed by atoms with van der Waals surface area (Å²) in [5.41, 5.74) is 3.87. The monoisotopic (exact) mass is 403 g/mol. The van der Waals surface area contributed by atoms with Crippen LogP contribution in [-0.2, 0) is 6.61 Å². The van der Waals surface area contributed by atoms with Crippen molar-refractivity contribution < 1.29 is 13.9 Å². The average molecular weight is 403 g/mol. The number of nitrogens with one attached hydrogen (secondary N) is 1. The molecular formula is C24H18FNO2S. The van der Waals surface area contributed by atoms with Crippen LogP contribution < -0.4 is 10.1 Å². The van der Waals surface area contributed by atoms with Crippen LogP contribution in [0.4, 0.5) is 10.1 Å². The fourth-order valence-electron chi connectivity index (χ4n) is 2.84. The van der Waals surface area contributed by atoms with E-state index >= 15 is 0 Å². The lowest BCUT2D eigenvalue weighted by Crippen LogP contribution is -2.10. The third-order valence-electron chi connectivity index (χ3n) is 4.35. The maximum absolute atomic E-state index is 12.9. The van der Waals surface area contributed by atoms with Gasteiger partial charge < -0.3 is 10.1 Å². The van der Waals surface area contributed by atoms with E-state index < -0.39 is 0 Å². The van der Waals surface area contributed by atoms with Gasteiger partial charge in [0.2, 0.25) is 0 Å². The van der Waals surface area contributed by atoms with Crippen LogP contribution in [0.5, 0.6) is 5.75 Å². The van der Waals surface area contributed by atoms with Gasteiger partial charge in [-0.2, -0.15) is 0 Å². The van der Waals surface area contributed by atoms with Gasteiger partial charge in [-0.05, 0) is 59.0 Å². The molecule has 29 heavy (non-hydrogen) atoms. The summed E-state index contributed by atoms with van der Waals surface area (Å²) < 4.78 is 18.6. The summed E-state index contributed by atoms with van der Waals surface area (Å²) in [5.74, 6) is 0.126. The summed E-state index contributed by atoms with van der Waals surface area (Å²) in [6, 6.07) is 25.5. The summed E-state index contributed by atoms with van der Waals surface area (Å²) in [7, 11) is 0. The molecule has 0 spiro atoms. The molecule has 5 heteroatoms. The Balaban J connectivity index is 1.36. The molecule has 0 radical (unpaired) electrons. The topological polar surface area (TPSA) is 38.3 Å². The van der Waals surface area contributed by atoms with Crippen LogP contribution in [0.1, 0.15) is 15.2 Å². The molecule has 3 aromatic carbocycles. The van der Waals surface area contributed by atoms with Gasteiger partial charge in [0, 0.05) is 11.3 Å². The van der Waals surface area contributed by atoms with E-state index in [0.29, 0.717) is 17.2 Å². The fourth-order valence-corrected chi connectivity index (χ4v) is 3.63. The number of carbonyl (C=O) groups is 1. The van der Waals surface area contributed by atoms with Crippen molar-refractivity contribution in [2.45, 2.75) is 6.61 Å². The highest BCUT2D eigenvalue weighted by atomic mass is 32.1. The van der Waals surface area contributed by atoms with Gasteiger partial charge in [-0.25, -0.2) is 4.39 Å². The number of anilines is 1. The van der Waals surface area contributed by atoms with Gasteiger partial charge in [-0.3, -0.25) is 4.79 Å².